The van der Waals surface area contributed by atoms with Crippen LogP contribution in [0, 0.1) is 13.8 Å². The monoisotopic (exact) mass is 382 g/mol. The molecule has 0 aliphatic heterocycles. The van der Waals surface area contributed by atoms with E-state index in [1.807, 2.05) is 46.8 Å². The zero-order valence-corrected chi connectivity index (χ0v) is 17.6. The van der Waals surface area contributed by atoms with Gasteiger partial charge in [-0.2, -0.15) is 5.10 Å². The minimum Gasteiger partial charge on any atom is -0.494 e. The fraction of sp³-hybridized carbons (Fsp3) is 0.391. The number of rotatable bonds is 8. The third-order valence-corrected chi connectivity index (χ3v) is 4.15. The Labute approximate surface area is 167 Å². The van der Waals surface area contributed by atoms with Crippen molar-refractivity contribution in [2.24, 2.45) is 5.10 Å². The summed E-state index contributed by atoms with van der Waals surface area (Å²) >= 11 is 0. The molecule has 0 aliphatic carbocycles. The maximum Gasteiger partial charge on any atom is 0.271 e. The first-order chi connectivity index (χ1) is 13.3. The summed E-state index contributed by atoms with van der Waals surface area (Å²) in [5.41, 5.74) is 6.94. The first kappa shape index (κ1) is 21.5. The Morgan fingerprint density at radius 1 is 1.07 bits per heavy atom. The first-order valence-corrected chi connectivity index (χ1v) is 9.67. The number of carbonyl (C=O) groups is 1. The van der Waals surface area contributed by atoms with Crippen molar-refractivity contribution >= 4 is 11.6 Å². The number of hydrazone groups is 1. The van der Waals surface area contributed by atoms with Gasteiger partial charge in [-0.1, -0.05) is 6.92 Å². The normalized spacial score (nSPS) is 11.5. The highest BCUT2D eigenvalue weighted by molar-refractivity contribution is 6.01. The van der Waals surface area contributed by atoms with E-state index < -0.39 is 0 Å². The highest BCUT2D eigenvalue weighted by Gasteiger charge is 2.10. The largest absolute Gasteiger partial charge is 0.494 e. The second kappa shape index (κ2) is 9.93. The number of amides is 1. The van der Waals surface area contributed by atoms with E-state index in [0.717, 1.165) is 40.3 Å². The average molecular weight is 383 g/mol. The molecule has 0 fully saturated rings. The Bertz CT molecular complexity index is 816. The van der Waals surface area contributed by atoms with Crippen molar-refractivity contribution in [2.75, 3.05) is 6.61 Å². The van der Waals surface area contributed by atoms with Crippen LogP contribution in [0.25, 0.3) is 0 Å². The highest BCUT2D eigenvalue weighted by atomic mass is 16.5. The van der Waals surface area contributed by atoms with Crippen LogP contribution in [0.4, 0.5) is 0 Å². The van der Waals surface area contributed by atoms with Gasteiger partial charge < -0.3 is 9.47 Å². The summed E-state index contributed by atoms with van der Waals surface area (Å²) < 4.78 is 11.4. The van der Waals surface area contributed by atoms with Crippen LogP contribution in [-0.2, 0) is 0 Å². The molecule has 150 valence electrons. The lowest BCUT2D eigenvalue weighted by molar-refractivity contribution is 0.0955. The standard InChI is InChI=1S/C23H30N2O3/c1-7-12-27-21-10-8-19(9-11-21)23(26)25-24-18(6)20-13-16(4)22(17(5)14-20)28-15(2)3/h8-11,13-15H,7,12H2,1-6H3,(H,25,26)/b24-18+. The molecule has 0 spiro atoms. The van der Waals surface area contributed by atoms with Gasteiger partial charge in [0.25, 0.3) is 5.91 Å². The minimum atomic E-state index is -0.255. The fourth-order valence-corrected chi connectivity index (χ4v) is 2.77. The van der Waals surface area contributed by atoms with Gasteiger partial charge in [0.1, 0.15) is 11.5 Å². The molecule has 2 aromatic rings. The maximum absolute atomic E-state index is 12.3. The van der Waals surface area contributed by atoms with Crippen molar-refractivity contribution in [1.29, 1.82) is 0 Å². The van der Waals surface area contributed by atoms with Crippen LogP contribution in [-0.4, -0.2) is 24.3 Å². The predicted octanol–water partition coefficient (Wildman–Crippen LogP) is 5.03. The summed E-state index contributed by atoms with van der Waals surface area (Å²) in [6.45, 7) is 12.6. The van der Waals surface area contributed by atoms with E-state index in [0.29, 0.717) is 12.2 Å². The lowest BCUT2D eigenvalue weighted by Gasteiger charge is -2.16. The Balaban J connectivity index is 2.08. The Hall–Kier alpha value is -2.82. The molecule has 5 nitrogen and oxygen atoms in total. The number of hydrogen-bond acceptors (Lipinski definition) is 4. The van der Waals surface area contributed by atoms with Gasteiger partial charge in [-0.25, -0.2) is 5.43 Å². The first-order valence-electron chi connectivity index (χ1n) is 9.67. The zero-order valence-electron chi connectivity index (χ0n) is 17.6. The second-order valence-electron chi connectivity index (χ2n) is 7.12. The molecule has 1 amide bonds. The molecule has 2 rings (SSSR count). The predicted molar refractivity (Wildman–Crippen MR) is 114 cm³/mol. The average Bonchev–Trinajstić information content (AvgIpc) is 2.67. The second-order valence-corrected chi connectivity index (χ2v) is 7.12. The molecule has 0 saturated carbocycles. The SMILES string of the molecule is CCCOc1ccc(C(=O)N/N=C(\C)c2cc(C)c(OC(C)C)c(C)c2)cc1. The molecule has 2 aromatic carbocycles. The van der Waals surface area contributed by atoms with Gasteiger partial charge >= 0.3 is 0 Å². The smallest absolute Gasteiger partial charge is 0.271 e. The van der Waals surface area contributed by atoms with Gasteiger partial charge in [-0.15, -0.1) is 0 Å². The topological polar surface area (TPSA) is 59.9 Å². The van der Waals surface area contributed by atoms with Crippen molar-refractivity contribution < 1.29 is 14.3 Å². The molecule has 0 atom stereocenters. The summed E-state index contributed by atoms with van der Waals surface area (Å²) in [6, 6.07) is 11.1. The van der Waals surface area contributed by atoms with Crippen LogP contribution in [0.2, 0.25) is 0 Å². The van der Waals surface area contributed by atoms with Crippen LogP contribution < -0.4 is 14.9 Å². The van der Waals surface area contributed by atoms with Crippen LogP contribution >= 0.6 is 0 Å². The lowest BCUT2D eigenvalue weighted by atomic mass is 10.0. The number of benzene rings is 2. The number of ether oxygens (including phenoxy) is 2. The quantitative estimate of drug-likeness (QED) is 0.514. The Morgan fingerprint density at radius 2 is 1.68 bits per heavy atom. The molecule has 1 N–H and O–H groups in total. The van der Waals surface area contributed by atoms with Gasteiger partial charge in [0.2, 0.25) is 0 Å². The van der Waals surface area contributed by atoms with Gasteiger partial charge in [0.05, 0.1) is 18.4 Å². The molecule has 0 aliphatic rings. The Morgan fingerprint density at radius 3 is 2.21 bits per heavy atom. The van der Waals surface area contributed by atoms with Gasteiger partial charge in [0, 0.05) is 5.56 Å². The molecule has 0 bridgehead atoms. The summed E-state index contributed by atoms with van der Waals surface area (Å²) in [5.74, 6) is 1.41. The van der Waals surface area contributed by atoms with Crippen molar-refractivity contribution in [2.45, 2.75) is 54.1 Å². The molecule has 5 heteroatoms. The van der Waals surface area contributed by atoms with Crippen molar-refractivity contribution in [1.82, 2.24) is 5.43 Å². The number of nitrogens with one attached hydrogen (secondary N) is 1. The van der Waals surface area contributed by atoms with Crippen LogP contribution in [0.5, 0.6) is 11.5 Å². The van der Waals surface area contributed by atoms with E-state index in [-0.39, 0.29) is 12.0 Å². The Kier molecular flexibility index (Phi) is 7.61. The van der Waals surface area contributed by atoms with Crippen molar-refractivity contribution in [3.05, 3.63) is 58.7 Å². The van der Waals surface area contributed by atoms with Crippen LogP contribution in [0.15, 0.2) is 41.5 Å². The van der Waals surface area contributed by atoms with Gasteiger partial charge in [-0.3, -0.25) is 4.79 Å². The lowest BCUT2D eigenvalue weighted by Crippen LogP contribution is -2.19. The van der Waals surface area contributed by atoms with E-state index in [1.54, 1.807) is 24.3 Å². The van der Waals surface area contributed by atoms with Crippen molar-refractivity contribution in [3.8, 4) is 11.5 Å². The molecule has 0 heterocycles. The van der Waals surface area contributed by atoms with Crippen LogP contribution in [0.1, 0.15) is 61.2 Å². The summed E-state index contributed by atoms with van der Waals surface area (Å²) in [5, 5.41) is 4.26. The van der Waals surface area contributed by atoms with E-state index in [9.17, 15) is 4.79 Å². The third-order valence-electron chi connectivity index (χ3n) is 4.15. The molecule has 28 heavy (non-hydrogen) atoms. The number of hydrogen-bond donors (Lipinski definition) is 1. The summed E-state index contributed by atoms with van der Waals surface area (Å²) in [7, 11) is 0. The van der Waals surface area contributed by atoms with E-state index in [2.05, 4.69) is 17.5 Å². The molecule has 0 unspecified atom stereocenters. The van der Waals surface area contributed by atoms with Gasteiger partial charge in [0.15, 0.2) is 0 Å². The third kappa shape index (κ3) is 5.84. The van der Waals surface area contributed by atoms with Gasteiger partial charge in [-0.05, 0) is 94.1 Å². The highest BCUT2D eigenvalue weighted by Crippen LogP contribution is 2.26. The summed E-state index contributed by atoms with van der Waals surface area (Å²) in [4.78, 5) is 12.3. The number of aryl methyl sites for hydroxylation is 2. The number of nitrogens with zero attached hydrogens (tertiary/aromatic N) is 1. The zero-order chi connectivity index (χ0) is 20.7. The molecule has 0 saturated heterocycles. The molecular formula is C23H30N2O3. The molecule has 0 aromatic heterocycles. The molecular weight excluding hydrogens is 352 g/mol. The van der Waals surface area contributed by atoms with Crippen molar-refractivity contribution in [3.63, 3.8) is 0 Å². The minimum absolute atomic E-state index is 0.121. The van der Waals surface area contributed by atoms with Crippen LogP contribution in [0.3, 0.4) is 0 Å². The maximum atomic E-state index is 12.3. The number of carbonyl (C=O) groups excluding carboxylic acids is 1. The van der Waals surface area contributed by atoms with E-state index in [1.165, 1.54) is 0 Å². The molecule has 0 radical (unpaired) electrons. The van der Waals surface area contributed by atoms with E-state index in [4.69, 9.17) is 9.47 Å². The van der Waals surface area contributed by atoms with E-state index >= 15 is 0 Å². The fourth-order valence-electron chi connectivity index (χ4n) is 2.77. The summed E-state index contributed by atoms with van der Waals surface area (Å²) in [6.07, 6.45) is 1.07.